The topological polar surface area (TPSA) is 78.5 Å². The van der Waals surface area contributed by atoms with Gasteiger partial charge in [-0.2, -0.15) is 0 Å². The number of sulfonamides is 1. The molecule has 1 atom stereocenters. The zero-order chi connectivity index (χ0) is 17.0. The summed E-state index contributed by atoms with van der Waals surface area (Å²) in [5, 5.41) is 3.11. The minimum absolute atomic E-state index is 0.185. The van der Waals surface area contributed by atoms with Crippen LogP contribution in [0.5, 0.6) is 0 Å². The van der Waals surface area contributed by atoms with Crippen molar-refractivity contribution in [1.82, 2.24) is 14.9 Å². The van der Waals surface area contributed by atoms with Gasteiger partial charge in [-0.05, 0) is 57.6 Å². The van der Waals surface area contributed by atoms with Gasteiger partial charge in [-0.3, -0.25) is 4.79 Å². The lowest BCUT2D eigenvalue weighted by Gasteiger charge is -2.32. The number of likely N-dealkylation sites (tertiary alicyclic amines) is 1. The van der Waals surface area contributed by atoms with Crippen LogP contribution in [0.2, 0.25) is 0 Å². The zero-order valence-electron chi connectivity index (χ0n) is 13.3. The third kappa shape index (κ3) is 4.07. The maximum atomic E-state index is 13.8. The van der Waals surface area contributed by atoms with E-state index >= 15 is 0 Å². The Kier molecular flexibility index (Phi) is 5.72. The fraction of sp³-hybridized carbons (Fsp3) is 0.533. The fourth-order valence-electron chi connectivity index (χ4n) is 2.84. The number of hydrogen-bond donors (Lipinski definition) is 2. The smallest absolute Gasteiger partial charge is 0.253 e. The van der Waals surface area contributed by atoms with Gasteiger partial charge < -0.3 is 10.2 Å². The van der Waals surface area contributed by atoms with Gasteiger partial charge in [0.1, 0.15) is 10.7 Å². The Balaban J connectivity index is 2.24. The maximum absolute atomic E-state index is 13.8. The van der Waals surface area contributed by atoms with Crippen molar-refractivity contribution in [1.29, 1.82) is 0 Å². The van der Waals surface area contributed by atoms with E-state index in [4.69, 9.17) is 0 Å². The first-order valence-electron chi connectivity index (χ1n) is 7.56. The number of rotatable bonds is 5. The highest BCUT2D eigenvalue weighted by Crippen LogP contribution is 2.21. The number of nitrogens with zero attached hydrogens (tertiary/aromatic N) is 1. The van der Waals surface area contributed by atoms with E-state index in [1.165, 1.54) is 13.1 Å². The first kappa shape index (κ1) is 17.8. The van der Waals surface area contributed by atoms with Gasteiger partial charge in [-0.25, -0.2) is 17.5 Å². The van der Waals surface area contributed by atoms with E-state index in [2.05, 4.69) is 10.0 Å². The number of carbonyl (C=O) groups excluding carboxylic acids is 1. The van der Waals surface area contributed by atoms with Gasteiger partial charge >= 0.3 is 0 Å². The summed E-state index contributed by atoms with van der Waals surface area (Å²) in [6, 6.07) is 3.45. The van der Waals surface area contributed by atoms with Crippen molar-refractivity contribution in [2.45, 2.75) is 17.7 Å². The lowest BCUT2D eigenvalue weighted by atomic mass is 9.97. The van der Waals surface area contributed by atoms with Crippen LogP contribution in [0.25, 0.3) is 0 Å². The monoisotopic (exact) mass is 343 g/mol. The van der Waals surface area contributed by atoms with Crippen molar-refractivity contribution >= 4 is 15.9 Å². The molecule has 0 unspecified atom stereocenters. The standard InChI is InChI=1S/C15H22FN3O3S/c1-17-9-11-4-3-7-19(10-11)15(20)12-5-6-13(16)14(8-12)23(21,22)18-2/h5-6,8,11,17-18H,3-4,7,9-10H2,1-2H3/t11-/m1/s1. The average Bonchev–Trinajstić information content (AvgIpc) is 2.55. The van der Waals surface area contributed by atoms with Crippen molar-refractivity contribution in [3.05, 3.63) is 29.6 Å². The third-order valence-corrected chi connectivity index (χ3v) is 5.46. The number of halogens is 1. The van der Waals surface area contributed by atoms with Crippen LogP contribution in [-0.2, 0) is 10.0 Å². The van der Waals surface area contributed by atoms with Gasteiger partial charge in [0.05, 0.1) is 0 Å². The van der Waals surface area contributed by atoms with E-state index < -0.39 is 20.7 Å². The molecule has 2 N–H and O–H groups in total. The minimum Gasteiger partial charge on any atom is -0.338 e. The molecule has 1 aromatic carbocycles. The summed E-state index contributed by atoms with van der Waals surface area (Å²) < 4.78 is 39.5. The van der Waals surface area contributed by atoms with E-state index in [1.807, 2.05) is 7.05 Å². The van der Waals surface area contributed by atoms with Gasteiger partial charge in [0.15, 0.2) is 0 Å². The number of hydrogen-bond acceptors (Lipinski definition) is 4. The van der Waals surface area contributed by atoms with Crippen LogP contribution in [0.4, 0.5) is 4.39 Å². The van der Waals surface area contributed by atoms with Crippen LogP contribution in [0.3, 0.4) is 0 Å². The Labute approximate surface area is 136 Å². The molecule has 1 amide bonds. The molecule has 128 valence electrons. The minimum atomic E-state index is -3.94. The van der Waals surface area contributed by atoms with Gasteiger partial charge in [0.2, 0.25) is 10.0 Å². The van der Waals surface area contributed by atoms with Crippen LogP contribution in [0.15, 0.2) is 23.1 Å². The average molecular weight is 343 g/mol. The summed E-state index contributed by atoms with van der Waals surface area (Å²) in [7, 11) is -0.865. The van der Waals surface area contributed by atoms with Crippen LogP contribution in [0, 0.1) is 11.7 Å². The molecular formula is C15H22FN3O3S. The normalized spacial score (nSPS) is 18.9. The Morgan fingerprint density at radius 1 is 1.39 bits per heavy atom. The first-order chi connectivity index (χ1) is 10.9. The molecule has 23 heavy (non-hydrogen) atoms. The Morgan fingerprint density at radius 2 is 2.13 bits per heavy atom. The molecule has 1 aliphatic heterocycles. The van der Waals surface area contributed by atoms with E-state index in [-0.39, 0.29) is 11.5 Å². The molecule has 1 heterocycles. The maximum Gasteiger partial charge on any atom is 0.253 e. The SMILES string of the molecule is CNC[C@H]1CCCN(C(=O)c2ccc(F)c(S(=O)(=O)NC)c2)C1. The molecule has 1 aromatic rings. The summed E-state index contributed by atoms with van der Waals surface area (Å²) >= 11 is 0. The lowest BCUT2D eigenvalue weighted by molar-refractivity contribution is 0.0674. The fourth-order valence-corrected chi connectivity index (χ4v) is 3.67. The molecular weight excluding hydrogens is 321 g/mol. The van der Waals surface area contributed by atoms with E-state index in [0.717, 1.165) is 31.5 Å². The Hall–Kier alpha value is -1.51. The molecule has 2 rings (SSSR count). The molecule has 0 saturated carbocycles. The molecule has 8 heteroatoms. The zero-order valence-corrected chi connectivity index (χ0v) is 14.1. The van der Waals surface area contributed by atoms with Crippen LogP contribution >= 0.6 is 0 Å². The summed E-state index contributed by atoms with van der Waals surface area (Å²) in [6.45, 7) is 2.07. The Morgan fingerprint density at radius 3 is 2.78 bits per heavy atom. The second kappa shape index (κ2) is 7.37. The molecule has 1 fully saturated rings. The van der Waals surface area contributed by atoms with Crippen molar-refractivity contribution in [3.63, 3.8) is 0 Å². The van der Waals surface area contributed by atoms with E-state index in [0.29, 0.717) is 19.0 Å². The van der Waals surface area contributed by atoms with Crippen molar-refractivity contribution in [2.75, 3.05) is 33.7 Å². The highest BCUT2D eigenvalue weighted by molar-refractivity contribution is 7.89. The highest BCUT2D eigenvalue weighted by atomic mass is 32.2. The lowest BCUT2D eigenvalue weighted by Crippen LogP contribution is -2.42. The molecule has 1 saturated heterocycles. The van der Waals surface area contributed by atoms with Gasteiger partial charge in [-0.1, -0.05) is 0 Å². The van der Waals surface area contributed by atoms with Crippen LogP contribution in [0.1, 0.15) is 23.2 Å². The number of carbonyl (C=O) groups is 1. The van der Waals surface area contributed by atoms with Gasteiger partial charge in [0, 0.05) is 18.7 Å². The summed E-state index contributed by atoms with van der Waals surface area (Å²) in [5.74, 6) is -0.764. The predicted octanol–water partition coefficient (Wildman–Crippen LogP) is 0.805. The number of amides is 1. The Bertz CT molecular complexity index is 677. The predicted molar refractivity (Wildman–Crippen MR) is 85.2 cm³/mol. The molecule has 0 spiro atoms. The largest absolute Gasteiger partial charge is 0.338 e. The third-order valence-electron chi connectivity index (χ3n) is 4.04. The van der Waals surface area contributed by atoms with Crippen LogP contribution < -0.4 is 10.0 Å². The van der Waals surface area contributed by atoms with Crippen molar-refractivity contribution in [2.24, 2.45) is 5.92 Å². The van der Waals surface area contributed by atoms with Crippen molar-refractivity contribution in [3.8, 4) is 0 Å². The second-order valence-corrected chi connectivity index (χ2v) is 7.52. The summed E-state index contributed by atoms with van der Waals surface area (Å²) in [4.78, 5) is 13.8. The van der Waals surface area contributed by atoms with E-state index in [9.17, 15) is 17.6 Å². The summed E-state index contributed by atoms with van der Waals surface area (Å²) in [6.07, 6.45) is 1.95. The molecule has 1 aliphatic rings. The quantitative estimate of drug-likeness (QED) is 0.829. The molecule has 0 bridgehead atoms. The second-order valence-electron chi connectivity index (χ2n) is 5.67. The molecule has 6 nitrogen and oxygen atoms in total. The van der Waals surface area contributed by atoms with Gasteiger partial charge in [-0.15, -0.1) is 0 Å². The number of benzene rings is 1. The van der Waals surface area contributed by atoms with Crippen LogP contribution in [-0.4, -0.2) is 53.0 Å². The highest BCUT2D eigenvalue weighted by Gasteiger charge is 2.26. The number of piperidine rings is 1. The molecule has 0 aliphatic carbocycles. The van der Waals surface area contributed by atoms with Crippen molar-refractivity contribution < 1.29 is 17.6 Å². The molecule has 0 aromatic heterocycles. The molecule has 0 radical (unpaired) electrons. The number of nitrogens with one attached hydrogen (secondary N) is 2. The first-order valence-corrected chi connectivity index (χ1v) is 9.04. The van der Waals surface area contributed by atoms with E-state index in [1.54, 1.807) is 4.90 Å². The van der Waals surface area contributed by atoms with Gasteiger partial charge in [0.25, 0.3) is 5.91 Å². The summed E-state index contributed by atoms with van der Waals surface area (Å²) in [5.41, 5.74) is 0.185.